The second-order valence-corrected chi connectivity index (χ2v) is 8.84. The fraction of sp³-hybridized carbons (Fsp3) is 0.400. The number of rotatable bonds is 10. The molecule has 0 unspecified atom stereocenters. The summed E-state index contributed by atoms with van der Waals surface area (Å²) in [5, 5.41) is 0. The molecule has 3 heteroatoms. The van der Waals surface area contributed by atoms with Crippen LogP contribution in [0.3, 0.4) is 0 Å². The van der Waals surface area contributed by atoms with Gasteiger partial charge in [-0.15, -0.1) is 0 Å². The maximum atomic E-state index is 3.53. The van der Waals surface area contributed by atoms with E-state index in [-0.39, 0.29) is 0 Å². The molecule has 23 heavy (non-hydrogen) atoms. The van der Waals surface area contributed by atoms with Crippen LogP contribution in [0.15, 0.2) is 57.5 Å². The van der Waals surface area contributed by atoms with Crippen LogP contribution >= 0.6 is 43.6 Å². The summed E-state index contributed by atoms with van der Waals surface area (Å²) in [6, 6.07) is 17.3. The van der Waals surface area contributed by atoms with E-state index in [0.717, 1.165) is 0 Å². The molecule has 2 rings (SSSR count). The molecule has 0 N–H and O–H groups in total. The van der Waals surface area contributed by atoms with E-state index in [1.165, 1.54) is 70.1 Å². The smallest absolute Gasteiger partial charge is 0.0177 e. The van der Waals surface area contributed by atoms with Gasteiger partial charge in [0.1, 0.15) is 0 Å². The number of thioether (sulfide) groups is 1. The van der Waals surface area contributed by atoms with Gasteiger partial charge in [-0.1, -0.05) is 56.1 Å². The lowest BCUT2D eigenvalue weighted by Crippen LogP contribution is -1.90. The highest BCUT2D eigenvalue weighted by Crippen LogP contribution is 2.16. The Bertz CT molecular complexity index is 532. The predicted octanol–water partition coefficient (Wildman–Crippen LogP) is 7.29. The largest absolute Gasteiger partial charge is 0.162 e. The van der Waals surface area contributed by atoms with Crippen LogP contribution in [0.4, 0.5) is 0 Å². The summed E-state index contributed by atoms with van der Waals surface area (Å²) >= 11 is 9.18. The molecule has 2 aromatic carbocycles. The second kappa shape index (κ2) is 11.3. The third kappa shape index (κ3) is 8.42. The van der Waals surface area contributed by atoms with E-state index < -0.39 is 0 Å². The van der Waals surface area contributed by atoms with E-state index in [9.17, 15) is 0 Å². The Morgan fingerprint density at radius 2 is 1.13 bits per heavy atom. The first kappa shape index (κ1) is 19.1. The van der Waals surface area contributed by atoms with E-state index in [1.54, 1.807) is 0 Å². The minimum Gasteiger partial charge on any atom is -0.162 e. The highest BCUT2D eigenvalue weighted by molar-refractivity contribution is 9.10. The van der Waals surface area contributed by atoms with E-state index in [1.807, 2.05) is 0 Å². The van der Waals surface area contributed by atoms with Gasteiger partial charge in [0.2, 0.25) is 0 Å². The molecular weight excluding hydrogens is 432 g/mol. The second-order valence-electron chi connectivity index (χ2n) is 5.79. The number of halogens is 2. The van der Waals surface area contributed by atoms with Crippen molar-refractivity contribution in [3.63, 3.8) is 0 Å². The van der Waals surface area contributed by atoms with Crippen molar-refractivity contribution in [3.8, 4) is 0 Å². The summed E-state index contributed by atoms with van der Waals surface area (Å²) in [5.74, 6) is 2.59. The predicted molar refractivity (Wildman–Crippen MR) is 111 cm³/mol. The van der Waals surface area contributed by atoms with Gasteiger partial charge in [-0.3, -0.25) is 0 Å². The average molecular weight is 456 g/mol. The van der Waals surface area contributed by atoms with Gasteiger partial charge < -0.3 is 0 Å². The van der Waals surface area contributed by atoms with Crippen LogP contribution in [0.1, 0.15) is 36.8 Å². The number of hydrogen-bond acceptors (Lipinski definition) is 1. The van der Waals surface area contributed by atoms with Gasteiger partial charge in [-0.2, -0.15) is 11.8 Å². The van der Waals surface area contributed by atoms with Gasteiger partial charge in [-0.05, 0) is 85.4 Å². The minimum atomic E-state index is 1.19. The molecule has 0 saturated carbocycles. The molecule has 124 valence electrons. The third-order valence-electron chi connectivity index (χ3n) is 3.79. The highest BCUT2D eigenvalue weighted by atomic mass is 79.9. The normalized spacial score (nSPS) is 10.9. The molecule has 0 saturated heterocycles. The zero-order valence-electron chi connectivity index (χ0n) is 13.4. The number of benzene rings is 2. The van der Waals surface area contributed by atoms with Crippen LogP contribution in [0.5, 0.6) is 0 Å². The lowest BCUT2D eigenvalue weighted by Gasteiger charge is -2.04. The Morgan fingerprint density at radius 1 is 0.652 bits per heavy atom. The Labute approximate surface area is 161 Å². The van der Waals surface area contributed by atoms with Crippen molar-refractivity contribution in [1.82, 2.24) is 0 Å². The molecule has 0 atom stereocenters. The van der Waals surface area contributed by atoms with E-state index >= 15 is 0 Å². The van der Waals surface area contributed by atoms with Crippen molar-refractivity contribution in [1.29, 1.82) is 0 Å². The lowest BCUT2D eigenvalue weighted by molar-refractivity contribution is 0.790. The van der Waals surface area contributed by atoms with Gasteiger partial charge in [-0.25, -0.2) is 0 Å². The van der Waals surface area contributed by atoms with E-state index in [0.29, 0.717) is 0 Å². The van der Waals surface area contributed by atoms with Crippen molar-refractivity contribution in [3.05, 3.63) is 68.6 Å². The maximum absolute atomic E-state index is 3.53. The molecule has 0 fully saturated rings. The maximum Gasteiger partial charge on any atom is 0.0177 e. The van der Waals surface area contributed by atoms with E-state index in [4.69, 9.17) is 0 Å². The number of hydrogen-bond donors (Lipinski definition) is 0. The molecular formula is C20H24Br2S. The SMILES string of the molecule is Brc1cccc(CCCCSCCCCc2cccc(Br)c2)c1. The van der Waals surface area contributed by atoms with Crippen LogP contribution in [-0.2, 0) is 12.8 Å². The molecule has 0 heterocycles. The fourth-order valence-corrected chi connectivity index (χ4v) is 4.47. The molecule has 0 aromatic heterocycles. The first-order chi connectivity index (χ1) is 11.2. The summed E-state index contributed by atoms with van der Waals surface area (Å²) in [7, 11) is 0. The van der Waals surface area contributed by atoms with Gasteiger partial charge in [0.25, 0.3) is 0 Å². The average Bonchev–Trinajstić information content (AvgIpc) is 2.53. The summed E-state index contributed by atoms with van der Waals surface area (Å²) in [4.78, 5) is 0. The topological polar surface area (TPSA) is 0 Å². The Hall–Kier alpha value is -0.250. The van der Waals surface area contributed by atoms with Crippen molar-refractivity contribution in [2.45, 2.75) is 38.5 Å². The minimum absolute atomic E-state index is 1.19. The first-order valence-corrected chi connectivity index (χ1v) is 11.0. The molecule has 0 aliphatic rings. The molecule has 2 aromatic rings. The van der Waals surface area contributed by atoms with Crippen LogP contribution in [0.25, 0.3) is 0 Å². The molecule has 0 aliphatic heterocycles. The Balaban J connectivity index is 1.45. The zero-order valence-corrected chi connectivity index (χ0v) is 17.4. The van der Waals surface area contributed by atoms with Gasteiger partial charge in [0.15, 0.2) is 0 Å². The standard InChI is InChI=1S/C20H24Br2S/c21-19-11-5-9-17(15-19)7-1-3-13-23-14-4-2-8-18-10-6-12-20(22)16-18/h5-6,9-12,15-16H,1-4,7-8,13-14H2. The molecule has 0 spiro atoms. The van der Waals surface area contributed by atoms with Gasteiger partial charge in [0, 0.05) is 8.95 Å². The molecule has 0 bridgehead atoms. The van der Waals surface area contributed by atoms with Crippen LogP contribution in [0, 0.1) is 0 Å². The van der Waals surface area contributed by atoms with Crippen LogP contribution in [0.2, 0.25) is 0 Å². The third-order valence-corrected chi connectivity index (χ3v) is 5.93. The van der Waals surface area contributed by atoms with Crippen molar-refractivity contribution in [2.24, 2.45) is 0 Å². The molecule has 0 nitrogen and oxygen atoms in total. The highest BCUT2D eigenvalue weighted by Gasteiger charge is 1.97. The lowest BCUT2D eigenvalue weighted by atomic mass is 10.1. The van der Waals surface area contributed by atoms with E-state index in [2.05, 4.69) is 92.2 Å². The number of unbranched alkanes of at least 4 members (excludes halogenated alkanes) is 2. The van der Waals surface area contributed by atoms with Crippen molar-refractivity contribution in [2.75, 3.05) is 11.5 Å². The number of aryl methyl sites for hydroxylation is 2. The molecule has 0 aliphatic carbocycles. The van der Waals surface area contributed by atoms with Crippen molar-refractivity contribution < 1.29 is 0 Å². The monoisotopic (exact) mass is 454 g/mol. The fourth-order valence-electron chi connectivity index (χ4n) is 2.55. The summed E-state index contributed by atoms with van der Waals surface area (Å²) in [5.41, 5.74) is 2.89. The van der Waals surface area contributed by atoms with Gasteiger partial charge >= 0.3 is 0 Å². The van der Waals surface area contributed by atoms with Gasteiger partial charge in [0.05, 0.1) is 0 Å². The van der Waals surface area contributed by atoms with Crippen molar-refractivity contribution >= 4 is 43.6 Å². The Morgan fingerprint density at radius 3 is 1.57 bits per heavy atom. The molecule has 0 amide bonds. The summed E-state index contributed by atoms with van der Waals surface area (Å²) in [6.45, 7) is 0. The summed E-state index contributed by atoms with van der Waals surface area (Å²) in [6.07, 6.45) is 7.63. The summed E-state index contributed by atoms with van der Waals surface area (Å²) < 4.78 is 2.38. The zero-order chi connectivity index (χ0) is 16.3. The van der Waals surface area contributed by atoms with Crippen LogP contribution < -0.4 is 0 Å². The first-order valence-electron chi connectivity index (χ1n) is 8.31. The molecule has 0 radical (unpaired) electrons. The quantitative estimate of drug-likeness (QED) is 0.339. The van der Waals surface area contributed by atoms with Crippen LogP contribution in [-0.4, -0.2) is 11.5 Å². The Kier molecular flexibility index (Phi) is 9.40.